The van der Waals surface area contributed by atoms with Crippen LogP contribution in [0.5, 0.6) is 0 Å². The van der Waals surface area contributed by atoms with Crippen molar-refractivity contribution in [2.24, 2.45) is 17.3 Å². The van der Waals surface area contributed by atoms with E-state index in [4.69, 9.17) is 9.47 Å². The summed E-state index contributed by atoms with van der Waals surface area (Å²) in [5.41, 5.74) is 0.189. The average molecular weight is 532 g/mol. The number of anilines is 1. The first-order chi connectivity index (χ1) is 17.5. The molecule has 1 aromatic heterocycles. The third kappa shape index (κ3) is 7.14. The molecule has 2 heterocycles. The molecule has 4 atom stereocenters. The second kappa shape index (κ2) is 11.9. The molecule has 3 fully saturated rings. The lowest BCUT2D eigenvalue weighted by Crippen LogP contribution is -2.50. The van der Waals surface area contributed by atoms with Gasteiger partial charge >= 0.3 is 5.97 Å². The molecule has 0 spiro atoms. The minimum absolute atomic E-state index is 0.121. The van der Waals surface area contributed by atoms with Crippen molar-refractivity contribution >= 4 is 28.9 Å². The molecule has 4 rings (SSSR count). The van der Waals surface area contributed by atoms with Gasteiger partial charge in [-0.3, -0.25) is 4.79 Å². The van der Waals surface area contributed by atoms with E-state index in [1.165, 1.54) is 0 Å². The van der Waals surface area contributed by atoms with Crippen LogP contribution in [0.1, 0.15) is 93.6 Å². The molecule has 1 amide bonds. The predicted octanol–water partition coefficient (Wildman–Crippen LogP) is 5.09. The normalized spacial score (nSPS) is 30.4. The highest BCUT2D eigenvalue weighted by Gasteiger charge is 2.41. The molecule has 2 N–H and O–H groups in total. The Hall–Kier alpha value is -1.92. The second-order valence-corrected chi connectivity index (χ2v) is 13.0. The number of amides is 1. The Balaban J connectivity index is 1.62. The third-order valence-electron chi connectivity index (χ3n) is 7.64. The topological polar surface area (TPSA) is 96.3 Å². The van der Waals surface area contributed by atoms with Crippen molar-refractivity contribution in [2.75, 3.05) is 18.1 Å². The first-order valence-corrected chi connectivity index (χ1v) is 14.5. The number of carboxylic acids is 1. The Labute approximate surface area is 224 Å². The van der Waals surface area contributed by atoms with Gasteiger partial charge in [0.2, 0.25) is 5.91 Å². The fourth-order valence-corrected chi connectivity index (χ4v) is 6.51. The zero-order valence-electron chi connectivity index (χ0n) is 22.5. The van der Waals surface area contributed by atoms with Gasteiger partial charge in [-0.05, 0) is 84.1 Å². The van der Waals surface area contributed by atoms with E-state index >= 15 is 0 Å². The molecular weight excluding hydrogens is 490 g/mol. The quantitative estimate of drug-likeness (QED) is 0.497. The maximum absolute atomic E-state index is 14.1. The number of hydrogen-bond donors (Lipinski definition) is 2. The van der Waals surface area contributed by atoms with Crippen LogP contribution >= 0.6 is 11.3 Å². The summed E-state index contributed by atoms with van der Waals surface area (Å²) in [7, 11) is 0. The van der Waals surface area contributed by atoms with E-state index in [0.29, 0.717) is 35.9 Å². The zero-order valence-corrected chi connectivity index (χ0v) is 23.3. The number of aliphatic hydroxyl groups is 1. The van der Waals surface area contributed by atoms with Gasteiger partial charge in [0.05, 0.1) is 41.4 Å². The summed E-state index contributed by atoms with van der Waals surface area (Å²) in [6.45, 7) is 9.49. The number of aromatic carboxylic acids is 1. The van der Waals surface area contributed by atoms with E-state index < -0.39 is 18.0 Å². The van der Waals surface area contributed by atoms with Crippen LogP contribution in [0.25, 0.3) is 0 Å². The summed E-state index contributed by atoms with van der Waals surface area (Å²) in [6, 6.07) is 1.62. The van der Waals surface area contributed by atoms with E-state index in [0.717, 1.165) is 56.5 Å². The fraction of sp³-hybridized carbons (Fsp3) is 0.724. The molecule has 0 bridgehead atoms. The Morgan fingerprint density at radius 1 is 1.11 bits per heavy atom. The number of carbonyl (C=O) groups is 2. The minimum Gasteiger partial charge on any atom is -0.477 e. The van der Waals surface area contributed by atoms with Crippen LogP contribution in [0.15, 0.2) is 6.07 Å². The molecule has 0 radical (unpaired) electrons. The van der Waals surface area contributed by atoms with Crippen molar-refractivity contribution in [1.82, 2.24) is 0 Å². The highest BCUT2D eigenvalue weighted by molar-refractivity contribution is 7.15. The summed E-state index contributed by atoms with van der Waals surface area (Å²) >= 11 is 1.12. The Morgan fingerprint density at radius 3 is 2.43 bits per heavy atom. The number of ether oxygens (including phenoxy) is 2. The Kier molecular flexibility index (Phi) is 9.00. The first-order valence-electron chi connectivity index (χ1n) is 13.7. The maximum atomic E-state index is 14.1. The van der Waals surface area contributed by atoms with Crippen molar-refractivity contribution in [3.05, 3.63) is 15.8 Å². The monoisotopic (exact) mass is 531 g/mol. The van der Waals surface area contributed by atoms with E-state index in [-0.39, 0.29) is 34.4 Å². The summed E-state index contributed by atoms with van der Waals surface area (Å²) in [6.07, 6.45) is 5.59. The lowest BCUT2D eigenvalue weighted by molar-refractivity contribution is -0.129. The van der Waals surface area contributed by atoms with Gasteiger partial charge in [0.25, 0.3) is 0 Å². The van der Waals surface area contributed by atoms with E-state index in [1.54, 1.807) is 11.0 Å². The molecule has 7 nitrogen and oxygen atoms in total. The average Bonchev–Trinajstić information content (AvgIpc) is 3.49. The van der Waals surface area contributed by atoms with Crippen molar-refractivity contribution in [2.45, 2.75) is 103 Å². The van der Waals surface area contributed by atoms with Crippen molar-refractivity contribution in [3.8, 4) is 11.8 Å². The van der Waals surface area contributed by atoms with Crippen LogP contribution in [-0.4, -0.2) is 59.7 Å². The summed E-state index contributed by atoms with van der Waals surface area (Å²) in [5.74, 6) is 4.93. The molecule has 37 heavy (non-hydrogen) atoms. The lowest BCUT2D eigenvalue weighted by Gasteiger charge is -2.41. The highest BCUT2D eigenvalue weighted by Crippen LogP contribution is 2.39. The molecule has 8 heteroatoms. The number of nitrogens with zero attached hydrogens (tertiary/aromatic N) is 1. The number of thiophene rings is 1. The lowest BCUT2D eigenvalue weighted by atomic mass is 9.79. The summed E-state index contributed by atoms with van der Waals surface area (Å²) in [4.78, 5) is 28.9. The first kappa shape index (κ1) is 28.1. The van der Waals surface area contributed by atoms with Crippen molar-refractivity contribution in [3.63, 3.8) is 0 Å². The van der Waals surface area contributed by atoms with Crippen LogP contribution in [0.3, 0.4) is 0 Å². The minimum atomic E-state index is -1.06. The Morgan fingerprint density at radius 2 is 1.84 bits per heavy atom. The van der Waals surface area contributed by atoms with Crippen molar-refractivity contribution < 1.29 is 29.3 Å². The van der Waals surface area contributed by atoms with E-state index in [2.05, 4.69) is 18.8 Å². The molecule has 2 saturated carbocycles. The smallest absolute Gasteiger partial charge is 0.348 e. The van der Waals surface area contributed by atoms with Crippen LogP contribution in [0, 0.1) is 29.1 Å². The molecule has 1 aliphatic heterocycles. The standard InChI is InChI=1S/C29H41NO6S/c1-18-5-10-23(25(31)15-18)27(32)30(19-6-8-20(9-7-19)36-21-12-14-35-17-21)24-16-22(11-13-29(2,3)4)37-26(24)28(33)34/h16,18-21,23,25,31H,5-10,12,14-15,17H2,1-4H3,(H,33,34)/t18-,19?,20?,21?,23-,25+/m1/s1. The van der Waals surface area contributed by atoms with E-state index in [1.807, 2.05) is 20.8 Å². The van der Waals surface area contributed by atoms with Gasteiger partial charge in [0, 0.05) is 18.1 Å². The fourth-order valence-electron chi connectivity index (χ4n) is 5.67. The Bertz CT molecular complexity index is 1020. The molecule has 2 aliphatic carbocycles. The summed E-state index contributed by atoms with van der Waals surface area (Å²) < 4.78 is 11.7. The van der Waals surface area contributed by atoms with E-state index in [9.17, 15) is 19.8 Å². The SMILES string of the molecule is C[C@@H]1CC[C@@H](C(=O)N(c2cc(C#CC(C)(C)C)sc2C(=O)O)C2CCC(OC3CCOC3)CC2)[C@@H](O)C1. The van der Waals surface area contributed by atoms with Gasteiger partial charge in [-0.25, -0.2) is 4.79 Å². The number of carboxylic acid groups (broad SMARTS) is 1. The number of rotatable bonds is 6. The second-order valence-electron chi connectivity index (χ2n) is 12.0. The molecular formula is C29H41NO6S. The van der Waals surface area contributed by atoms with Crippen LogP contribution in [0.4, 0.5) is 5.69 Å². The van der Waals surface area contributed by atoms with Gasteiger partial charge < -0.3 is 24.6 Å². The molecule has 204 valence electrons. The number of aliphatic hydroxyl groups excluding tert-OH is 1. The maximum Gasteiger partial charge on any atom is 0.348 e. The van der Waals surface area contributed by atoms with Crippen LogP contribution in [0.2, 0.25) is 0 Å². The summed E-state index contributed by atoms with van der Waals surface area (Å²) in [5, 5.41) is 20.9. The van der Waals surface area contributed by atoms with Crippen LogP contribution in [-0.2, 0) is 14.3 Å². The van der Waals surface area contributed by atoms with Crippen molar-refractivity contribution in [1.29, 1.82) is 0 Å². The molecule has 0 aromatic carbocycles. The molecule has 1 saturated heterocycles. The van der Waals surface area contributed by atoms with Crippen LogP contribution < -0.4 is 4.90 Å². The van der Waals surface area contributed by atoms with Gasteiger partial charge in [0.1, 0.15) is 4.88 Å². The largest absolute Gasteiger partial charge is 0.477 e. The molecule has 3 aliphatic rings. The van der Waals surface area contributed by atoms with Gasteiger partial charge in [-0.15, -0.1) is 11.3 Å². The van der Waals surface area contributed by atoms with Gasteiger partial charge in [-0.1, -0.05) is 18.8 Å². The number of hydrogen-bond acceptors (Lipinski definition) is 6. The molecule has 1 aromatic rings. The zero-order chi connectivity index (χ0) is 26.7. The van der Waals surface area contributed by atoms with Gasteiger partial charge in [-0.2, -0.15) is 0 Å². The predicted molar refractivity (Wildman–Crippen MR) is 144 cm³/mol. The number of carbonyl (C=O) groups excluding carboxylic acids is 1. The highest BCUT2D eigenvalue weighted by atomic mass is 32.1. The third-order valence-corrected chi connectivity index (χ3v) is 8.67. The molecule has 1 unspecified atom stereocenters. The van der Waals surface area contributed by atoms with Gasteiger partial charge in [0.15, 0.2) is 0 Å².